The minimum Gasteiger partial charge on any atom is -0.352 e. The molecule has 4 heteroatoms. The van der Waals surface area contributed by atoms with Gasteiger partial charge in [0.15, 0.2) is 5.96 Å². The van der Waals surface area contributed by atoms with Crippen LogP contribution in [0.4, 0.5) is 5.69 Å². The standard InChI is InChI=1S/C14H14N4/c1-2-4-13-12(3-1)10-17-14(18-13)16-9-11-5-7-15-8-6-11/h1-8H,9-10H2,(H2,16,17,18). The van der Waals surface area contributed by atoms with E-state index in [1.165, 1.54) is 11.1 Å². The van der Waals surface area contributed by atoms with Gasteiger partial charge in [-0.15, -0.1) is 0 Å². The zero-order valence-corrected chi connectivity index (χ0v) is 9.93. The van der Waals surface area contributed by atoms with Crippen LogP contribution >= 0.6 is 0 Å². The summed E-state index contributed by atoms with van der Waals surface area (Å²) >= 11 is 0. The average molecular weight is 238 g/mol. The second-order valence-corrected chi connectivity index (χ2v) is 4.16. The van der Waals surface area contributed by atoms with Crippen molar-refractivity contribution in [3.63, 3.8) is 0 Å². The van der Waals surface area contributed by atoms with E-state index in [9.17, 15) is 0 Å². The highest BCUT2D eigenvalue weighted by atomic mass is 15.2. The SMILES string of the molecule is c1ccc2c(c1)CN=C(NCc1ccncc1)N2. The summed E-state index contributed by atoms with van der Waals surface area (Å²) in [4.78, 5) is 8.46. The molecule has 4 nitrogen and oxygen atoms in total. The van der Waals surface area contributed by atoms with E-state index in [2.05, 4.69) is 32.7 Å². The van der Waals surface area contributed by atoms with Crippen LogP contribution in [0.1, 0.15) is 11.1 Å². The Morgan fingerprint density at radius 3 is 2.83 bits per heavy atom. The molecule has 1 aromatic carbocycles. The molecule has 3 rings (SSSR count). The second-order valence-electron chi connectivity index (χ2n) is 4.16. The molecule has 1 aromatic heterocycles. The molecule has 0 bridgehead atoms. The van der Waals surface area contributed by atoms with Crippen LogP contribution < -0.4 is 10.6 Å². The van der Waals surface area contributed by atoms with Crippen molar-refractivity contribution in [2.75, 3.05) is 5.32 Å². The molecule has 0 radical (unpaired) electrons. The highest BCUT2D eigenvalue weighted by molar-refractivity contribution is 5.95. The molecule has 0 fully saturated rings. The Kier molecular flexibility index (Phi) is 2.92. The number of pyridine rings is 1. The summed E-state index contributed by atoms with van der Waals surface area (Å²) in [6, 6.07) is 12.2. The maximum atomic E-state index is 4.46. The van der Waals surface area contributed by atoms with Gasteiger partial charge in [-0.05, 0) is 29.3 Å². The fourth-order valence-electron chi connectivity index (χ4n) is 1.90. The predicted octanol–water partition coefficient (Wildman–Crippen LogP) is 2.15. The third-order valence-corrected chi connectivity index (χ3v) is 2.89. The Morgan fingerprint density at radius 1 is 1.11 bits per heavy atom. The summed E-state index contributed by atoms with van der Waals surface area (Å²) in [7, 11) is 0. The lowest BCUT2D eigenvalue weighted by Gasteiger charge is -2.19. The summed E-state index contributed by atoms with van der Waals surface area (Å²) in [5, 5.41) is 6.58. The van der Waals surface area contributed by atoms with Crippen molar-refractivity contribution in [1.82, 2.24) is 10.3 Å². The van der Waals surface area contributed by atoms with Crippen molar-refractivity contribution in [3.8, 4) is 0 Å². The van der Waals surface area contributed by atoms with Crippen molar-refractivity contribution in [2.24, 2.45) is 4.99 Å². The molecule has 1 aliphatic rings. The molecular weight excluding hydrogens is 224 g/mol. The zero-order valence-electron chi connectivity index (χ0n) is 9.93. The number of anilines is 1. The number of nitrogens with one attached hydrogen (secondary N) is 2. The van der Waals surface area contributed by atoms with Crippen LogP contribution in [-0.2, 0) is 13.1 Å². The molecule has 18 heavy (non-hydrogen) atoms. The summed E-state index contributed by atoms with van der Waals surface area (Å²) in [6.45, 7) is 1.47. The third-order valence-electron chi connectivity index (χ3n) is 2.89. The molecule has 1 aliphatic heterocycles. The number of hydrogen-bond acceptors (Lipinski definition) is 4. The van der Waals surface area contributed by atoms with E-state index < -0.39 is 0 Å². The molecule has 0 saturated heterocycles. The van der Waals surface area contributed by atoms with Gasteiger partial charge in [0.2, 0.25) is 0 Å². The van der Waals surface area contributed by atoms with Gasteiger partial charge in [0.05, 0.1) is 6.54 Å². The quantitative estimate of drug-likeness (QED) is 0.843. The van der Waals surface area contributed by atoms with E-state index >= 15 is 0 Å². The number of fused-ring (bicyclic) bond motifs is 1. The number of nitrogens with zero attached hydrogens (tertiary/aromatic N) is 2. The highest BCUT2D eigenvalue weighted by Gasteiger charge is 2.09. The smallest absolute Gasteiger partial charge is 0.196 e. The monoisotopic (exact) mass is 238 g/mol. The number of guanidine groups is 1. The second kappa shape index (κ2) is 4.87. The van der Waals surface area contributed by atoms with Gasteiger partial charge in [-0.3, -0.25) is 4.98 Å². The van der Waals surface area contributed by atoms with Crippen LogP contribution in [0, 0.1) is 0 Å². The molecule has 0 unspecified atom stereocenters. The molecule has 2 aromatic rings. The summed E-state index contributed by atoms with van der Waals surface area (Å²) in [5.74, 6) is 0.825. The summed E-state index contributed by atoms with van der Waals surface area (Å²) < 4.78 is 0. The summed E-state index contributed by atoms with van der Waals surface area (Å²) in [5.41, 5.74) is 3.55. The normalized spacial score (nSPS) is 13.2. The number of para-hydroxylation sites is 1. The van der Waals surface area contributed by atoms with Gasteiger partial charge in [0.1, 0.15) is 0 Å². The third kappa shape index (κ3) is 2.32. The van der Waals surface area contributed by atoms with Gasteiger partial charge in [-0.2, -0.15) is 0 Å². The maximum absolute atomic E-state index is 4.46. The van der Waals surface area contributed by atoms with Gasteiger partial charge in [0, 0.05) is 24.6 Å². The lowest BCUT2D eigenvalue weighted by Crippen LogP contribution is -2.32. The van der Waals surface area contributed by atoms with Gasteiger partial charge in [-0.1, -0.05) is 18.2 Å². The van der Waals surface area contributed by atoms with Crippen LogP contribution in [0.5, 0.6) is 0 Å². The molecule has 2 heterocycles. The van der Waals surface area contributed by atoms with E-state index in [1.54, 1.807) is 12.4 Å². The lowest BCUT2D eigenvalue weighted by molar-refractivity contribution is 0.881. The van der Waals surface area contributed by atoms with Crippen LogP contribution in [0.25, 0.3) is 0 Å². The Labute approximate surface area is 106 Å². The number of aliphatic imine (C=N–C) groups is 1. The Morgan fingerprint density at radius 2 is 1.94 bits per heavy atom. The first-order valence-electron chi connectivity index (χ1n) is 5.94. The molecule has 0 amide bonds. The maximum Gasteiger partial charge on any atom is 0.196 e. The highest BCUT2D eigenvalue weighted by Crippen LogP contribution is 2.19. The van der Waals surface area contributed by atoms with Gasteiger partial charge in [-0.25, -0.2) is 4.99 Å². The van der Waals surface area contributed by atoms with Crippen LogP contribution in [-0.4, -0.2) is 10.9 Å². The van der Waals surface area contributed by atoms with Crippen LogP contribution in [0.3, 0.4) is 0 Å². The van der Waals surface area contributed by atoms with Gasteiger partial charge < -0.3 is 10.6 Å². The van der Waals surface area contributed by atoms with Crippen molar-refractivity contribution >= 4 is 11.6 Å². The molecule has 0 aliphatic carbocycles. The Balaban J connectivity index is 1.64. The Hall–Kier alpha value is -2.36. The first-order valence-corrected chi connectivity index (χ1v) is 5.94. The van der Waals surface area contributed by atoms with E-state index in [1.807, 2.05) is 24.3 Å². The molecule has 0 saturated carbocycles. The average Bonchev–Trinajstić information content (AvgIpc) is 2.46. The van der Waals surface area contributed by atoms with E-state index in [0.717, 1.165) is 24.7 Å². The molecule has 90 valence electrons. The number of hydrogen-bond donors (Lipinski definition) is 2. The fraction of sp³-hybridized carbons (Fsp3) is 0.143. The zero-order chi connectivity index (χ0) is 12.2. The first-order chi connectivity index (χ1) is 8.92. The molecule has 0 atom stereocenters. The fourth-order valence-corrected chi connectivity index (χ4v) is 1.90. The van der Waals surface area contributed by atoms with Crippen molar-refractivity contribution < 1.29 is 0 Å². The molecule has 0 spiro atoms. The minimum atomic E-state index is 0.724. The van der Waals surface area contributed by atoms with E-state index in [-0.39, 0.29) is 0 Å². The minimum absolute atomic E-state index is 0.724. The number of rotatable bonds is 2. The van der Waals surface area contributed by atoms with Crippen molar-refractivity contribution in [3.05, 3.63) is 59.9 Å². The predicted molar refractivity (Wildman–Crippen MR) is 72.3 cm³/mol. The van der Waals surface area contributed by atoms with E-state index in [4.69, 9.17) is 0 Å². The Bertz CT molecular complexity index is 563. The van der Waals surface area contributed by atoms with Gasteiger partial charge >= 0.3 is 0 Å². The first kappa shape index (κ1) is 10.8. The van der Waals surface area contributed by atoms with Crippen molar-refractivity contribution in [1.29, 1.82) is 0 Å². The number of aromatic nitrogens is 1. The molecular formula is C14H14N4. The summed E-state index contributed by atoms with van der Waals surface area (Å²) in [6.07, 6.45) is 3.59. The number of benzene rings is 1. The molecule has 2 N–H and O–H groups in total. The van der Waals surface area contributed by atoms with Crippen molar-refractivity contribution in [2.45, 2.75) is 13.1 Å². The van der Waals surface area contributed by atoms with E-state index in [0.29, 0.717) is 0 Å². The largest absolute Gasteiger partial charge is 0.352 e. The topological polar surface area (TPSA) is 49.3 Å². The van der Waals surface area contributed by atoms with Crippen LogP contribution in [0.15, 0.2) is 53.8 Å². The lowest BCUT2D eigenvalue weighted by atomic mass is 10.1. The van der Waals surface area contributed by atoms with Gasteiger partial charge in [0.25, 0.3) is 0 Å². The van der Waals surface area contributed by atoms with Crippen LogP contribution in [0.2, 0.25) is 0 Å².